The Balaban J connectivity index is 1.86. The lowest BCUT2D eigenvalue weighted by Gasteiger charge is -2.34. The van der Waals surface area contributed by atoms with Crippen molar-refractivity contribution in [3.8, 4) is 5.75 Å². The predicted molar refractivity (Wildman–Crippen MR) is 195 cm³/mol. The molecule has 0 aliphatic heterocycles. The summed E-state index contributed by atoms with van der Waals surface area (Å²) in [4.78, 5) is 30.8. The van der Waals surface area contributed by atoms with Crippen LogP contribution in [0.4, 0.5) is 5.69 Å². The van der Waals surface area contributed by atoms with Crippen LogP contribution in [-0.4, -0.2) is 57.1 Å². The number of carbonyl (C=O) groups excluding carboxylic acids is 2. The number of thioether (sulfide) groups is 1. The molecule has 1 atom stereocenters. The number of benzene rings is 4. The quantitative estimate of drug-likeness (QED) is 0.120. The molecule has 0 aromatic heterocycles. The molecule has 0 heterocycles. The van der Waals surface area contributed by atoms with E-state index in [1.54, 1.807) is 61.5 Å². The Kier molecular flexibility index (Phi) is 13.6. The average Bonchev–Trinajstić information content (AvgIpc) is 3.09. The zero-order chi connectivity index (χ0) is 34.7. The molecule has 0 bridgehead atoms. The lowest BCUT2D eigenvalue weighted by atomic mass is 10.0. The van der Waals surface area contributed by atoms with Crippen LogP contribution < -0.4 is 14.4 Å². The SMILES string of the molecule is CCCNC(=O)C(Cc1ccccc1)N(Cc1c(Cl)cccc1Cl)C(=O)CN(c1ccccc1OCC)S(=O)(=O)c1ccc(SC)cc1. The van der Waals surface area contributed by atoms with Gasteiger partial charge in [-0.15, -0.1) is 11.8 Å². The van der Waals surface area contributed by atoms with Crippen molar-refractivity contribution in [1.29, 1.82) is 0 Å². The van der Waals surface area contributed by atoms with Crippen molar-refractivity contribution in [1.82, 2.24) is 10.2 Å². The Morgan fingerprint density at radius 2 is 1.52 bits per heavy atom. The zero-order valence-corrected chi connectivity index (χ0v) is 30.2. The molecule has 4 rings (SSSR count). The average molecular weight is 729 g/mol. The van der Waals surface area contributed by atoms with E-state index in [1.807, 2.05) is 43.5 Å². The molecule has 48 heavy (non-hydrogen) atoms. The molecule has 12 heteroatoms. The first-order valence-corrected chi connectivity index (χ1v) is 18.9. The zero-order valence-electron chi connectivity index (χ0n) is 27.1. The van der Waals surface area contributed by atoms with Gasteiger partial charge in [0, 0.05) is 40.0 Å². The van der Waals surface area contributed by atoms with Gasteiger partial charge in [0.05, 0.1) is 17.2 Å². The molecule has 0 fully saturated rings. The summed E-state index contributed by atoms with van der Waals surface area (Å²) in [6.07, 6.45) is 2.75. The van der Waals surface area contributed by atoms with E-state index >= 15 is 0 Å². The van der Waals surface area contributed by atoms with E-state index in [-0.39, 0.29) is 36.1 Å². The Bertz CT molecular complexity index is 1770. The monoisotopic (exact) mass is 727 g/mol. The number of para-hydroxylation sites is 2. The summed E-state index contributed by atoms with van der Waals surface area (Å²) in [6.45, 7) is 3.62. The fraction of sp³-hybridized carbons (Fsp3) is 0.278. The second kappa shape index (κ2) is 17.6. The van der Waals surface area contributed by atoms with Gasteiger partial charge >= 0.3 is 0 Å². The Hall–Kier alpha value is -3.70. The third-order valence-electron chi connectivity index (χ3n) is 7.57. The van der Waals surface area contributed by atoms with Gasteiger partial charge in [-0.1, -0.05) is 78.7 Å². The largest absolute Gasteiger partial charge is 0.492 e. The third-order valence-corrected chi connectivity index (χ3v) is 10.8. The highest BCUT2D eigenvalue weighted by Crippen LogP contribution is 2.34. The van der Waals surface area contributed by atoms with Gasteiger partial charge in [-0.05, 0) is 73.7 Å². The number of halogens is 2. The maximum absolute atomic E-state index is 14.7. The van der Waals surface area contributed by atoms with Gasteiger partial charge in [0.2, 0.25) is 11.8 Å². The number of ether oxygens (including phenoxy) is 1. The van der Waals surface area contributed by atoms with E-state index < -0.39 is 28.5 Å². The molecule has 4 aromatic carbocycles. The summed E-state index contributed by atoms with van der Waals surface area (Å²) in [5.74, 6) is -0.720. The number of rotatable bonds is 16. The normalized spacial score (nSPS) is 11.9. The Labute approximate surface area is 297 Å². The van der Waals surface area contributed by atoms with Crippen LogP contribution in [0.5, 0.6) is 5.75 Å². The molecule has 8 nitrogen and oxygen atoms in total. The van der Waals surface area contributed by atoms with Gasteiger partial charge < -0.3 is 15.0 Å². The lowest BCUT2D eigenvalue weighted by Crippen LogP contribution is -2.53. The van der Waals surface area contributed by atoms with Crippen LogP contribution in [0.3, 0.4) is 0 Å². The molecule has 0 spiro atoms. The summed E-state index contributed by atoms with van der Waals surface area (Å²) >= 11 is 14.7. The van der Waals surface area contributed by atoms with Gasteiger partial charge in [0.25, 0.3) is 10.0 Å². The van der Waals surface area contributed by atoms with Crippen molar-refractivity contribution < 1.29 is 22.7 Å². The summed E-state index contributed by atoms with van der Waals surface area (Å²) in [6, 6.07) is 26.4. The van der Waals surface area contributed by atoms with E-state index in [4.69, 9.17) is 27.9 Å². The second-order valence-electron chi connectivity index (χ2n) is 10.8. The van der Waals surface area contributed by atoms with E-state index in [9.17, 15) is 18.0 Å². The second-order valence-corrected chi connectivity index (χ2v) is 14.4. The molecular formula is C36H39Cl2N3O5S2. The van der Waals surface area contributed by atoms with E-state index in [1.165, 1.54) is 28.8 Å². The predicted octanol–water partition coefficient (Wildman–Crippen LogP) is 7.48. The van der Waals surface area contributed by atoms with Crippen molar-refractivity contribution in [3.05, 3.63) is 118 Å². The molecule has 0 saturated heterocycles. The van der Waals surface area contributed by atoms with Gasteiger partial charge in [0.15, 0.2) is 0 Å². The first kappa shape index (κ1) is 37.1. The summed E-state index contributed by atoms with van der Waals surface area (Å²) in [7, 11) is -4.31. The van der Waals surface area contributed by atoms with Crippen molar-refractivity contribution in [2.24, 2.45) is 0 Å². The highest BCUT2D eigenvalue weighted by molar-refractivity contribution is 7.98. The lowest BCUT2D eigenvalue weighted by molar-refractivity contribution is -0.140. The number of sulfonamides is 1. The molecule has 254 valence electrons. The van der Waals surface area contributed by atoms with Crippen LogP contribution in [0.2, 0.25) is 10.0 Å². The summed E-state index contributed by atoms with van der Waals surface area (Å²) in [5.41, 5.74) is 1.44. The molecule has 0 aliphatic carbocycles. The minimum absolute atomic E-state index is 0.00150. The van der Waals surface area contributed by atoms with E-state index in [0.29, 0.717) is 34.3 Å². The first-order chi connectivity index (χ1) is 23.1. The fourth-order valence-corrected chi connectivity index (χ4v) is 7.45. The van der Waals surface area contributed by atoms with Crippen molar-refractivity contribution in [3.63, 3.8) is 0 Å². The smallest absolute Gasteiger partial charge is 0.264 e. The molecule has 4 aromatic rings. The van der Waals surface area contributed by atoms with Crippen LogP contribution in [-0.2, 0) is 32.6 Å². The molecular weight excluding hydrogens is 689 g/mol. The summed E-state index contributed by atoms with van der Waals surface area (Å²) < 4.78 is 35.7. The number of nitrogens with zero attached hydrogens (tertiary/aromatic N) is 2. The van der Waals surface area contributed by atoms with Crippen LogP contribution in [0.25, 0.3) is 0 Å². The maximum Gasteiger partial charge on any atom is 0.264 e. The van der Waals surface area contributed by atoms with Gasteiger partial charge in [-0.3, -0.25) is 13.9 Å². The number of hydrogen-bond donors (Lipinski definition) is 1. The van der Waals surface area contributed by atoms with Crippen LogP contribution in [0, 0.1) is 0 Å². The van der Waals surface area contributed by atoms with Crippen LogP contribution >= 0.6 is 35.0 Å². The molecule has 1 unspecified atom stereocenters. The minimum Gasteiger partial charge on any atom is -0.492 e. The Morgan fingerprint density at radius 1 is 0.875 bits per heavy atom. The van der Waals surface area contributed by atoms with Crippen molar-refractivity contribution in [2.75, 3.05) is 30.3 Å². The number of amides is 2. The van der Waals surface area contributed by atoms with E-state index in [2.05, 4.69) is 5.32 Å². The minimum atomic E-state index is -4.31. The highest BCUT2D eigenvalue weighted by Gasteiger charge is 2.36. The van der Waals surface area contributed by atoms with Crippen molar-refractivity contribution in [2.45, 2.75) is 49.1 Å². The highest BCUT2D eigenvalue weighted by atomic mass is 35.5. The molecule has 0 aliphatic rings. The number of hydrogen-bond acceptors (Lipinski definition) is 6. The molecule has 0 radical (unpaired) electrons. The van der Waals surface area contributed by atoms with E-state index in [0.717, 1.165) is 14.8 Å². The van der Waals surface area contributed by atoms with Crippen molar-refractivity contribution >= 4 is 62.5 Å². The number of anilines is 1. The number of carbonyl (C=O) groups is 2. The van der Waals surface area contributed by atoms with Crippen LogP contribution in [0.1, 0.15) is 31.4 Å². The standard InChI is InChI=1S/C36H39Cl2N3O5S2/c1-4-22-39-36(43)33(23-26-12-7-6-8-13-26)40(24-29-30(37)14-11-15-31(29)38)35(42)25-41(32-16-9-10-17-34(32)46-5-2)48(44,45)28-20-18-27(47-3)19-21-28/h6-21,33H,4-5,22-25H2,1-3H3,(H,39,43). The topological polar surface area (TPSA) is 96.0 Å². The molecule has 2 amide bonds. The third kappa shape index (κ3) is 9.25. The molecule has 1 N–H and O–H groups in total. The Morgan fingerprint density at radius 3 is 2.15 bits per heavy atom. The van der Waals surface area contributed by atoms with Crippen LogP contribution in [0.15, 0.2) is 107 Å². The summed E-state index contributed by atoms with van der Waals surface area (Å²) in [5, 5.41) is 3.55. The number of nitrogens with one attached hydrogen (secondary N) is 1. The maximum atomic E-state index is 14.7. The fourth-order valence-electron chi connectivity index (χ4n) is 5.10. The van der Waals surface area contributed by atoms with Gasteiger partial charge in [-0.2, -0.15) is 0 Å². The van der Waals surface area contributed by atoms with Gasteiger partial charge in [0.1, 0.15) is 18.3 Å². The van der Waals surface area contributed by atoms with Gasteiger partial charge in [-0.25, -0.2) is 8.42 Å². The molecule has 0 saturated carbocycles. The first-order valence-electron chi connectivity index (χ1n) is 15.5.